The maximum Gasteiger partial charge on any atom is 0.228 e. The van der Waals surface area contributed by atoms with Crippen LogP contribution in [0.3, 0.4) is 0 Å². The van der Waals surface area contributed by atoms with Crippen molar-refractivity contribution in [1.29, 1.82) is 0 Å². The van der Waals surface area contributed by atoms with E-state index in [4.69, 9.17) is 0 Å². The Morgan fingerprint density at radius 1 is 1.25 bits per heavy atom. The Labute approximate surface area is 145 Å². The van der Waals surface area contributed by atoms with Crippen molar-refractivity contribution in [3.8, 4) is 0 Å². The number of rotatable bonds is 7. The van der Waals surface area contributed by atoms with Gasteiger partial charge in [-0.1, -0.05) is 38.5 Å². The minimum atomic E-state index is -3.24. The molecule has 2 rings (SSSR count). The van der Waals surface area contributed by atoms with Gasteiger partial charge in [-0.3, -0.25) is 4.79 Å². The first-order valence-corrected chi connectivity index (χ1v) is 10.5. The third-order valence-corrected chi connectivity index (χ3v) is 6.45. The van der Waals surface area contributed by atoms with Crippen LogP contribution in [0.4, 0.5) is 5.69 Å². The summed E-state index contributed by atoms with van der Waals surface area (Å²) in [6, 6.07) is 7.82. The maximum atomic E-state index is 12.6. The van der Waals surface area contributed by atoms with Crippen molar-refractivity contribution in [2.45, 2.75) is 46.0 Å². The van der Waals surface area contributed by atoms with Gasteiger partial charge in [0.05, 0.1) is 11.7 Å². The average molecular weight is 353 g/mol. The van der Waals surface area contributed by atoms with Crippen LogP contribution in [0, 0.1) is 5.92 Å². The first-order valence-electron chi connectivity index (χ1n) is 8.84. The molecule has 0 aliphatic carbocycles. The van der Waals surface area contributed by atoms with Crippen LogP contribution in [0.2, 0.25) is 0 Å². The molecular formula is C18H28N2O3S. The molecule has 24 heavy (non-hydrogen) atoms. The van der Waals surface area contributed by atoms with E-state index in [1.165, 1.54) is 4.31 Å². The molecule has 5 nitrogen and oxygen atoms in total. The van der Waals surface area contributed by atoms with E-state index >= 15 is 0 Å². The van der Waals surface area contributed by atoms with Crippen LogP contribution >= 0.6 is 0 Å². The van der Waals surface area contributed by atoms with Gasteiger partial charge in [0.2, 0.25) is 15.9 Å². The standard InChI is InChI=1S/C18H28N2O3S/c1-3-8-15-9-5-6-11-17(15)19-18(21)16-10-7-12-20(14-16)24(22,23)13-4-2/h5-6,9,11,16H,3-4,7-8,10,12-14H2,1-2H3,(H,19,21). The largest absolute Gasteiger partial charge is 0.326 e. The molecule has 0 saturated carbocycles. The third-order valence-electron chi connectivity index (χ3n) is 4.40. The zero-order chi connectivity index (χ0) is 17.6. The highest BCUT2D eigenvalue weighted by molar-refractivity contribution is 7.89. The highest BCUT2D eigenvalue weighted by Crippen LogP contribution is 2.23. The fraction of sp³-hybridized carbons (Fsp3) is 0.611. The molecule has 1 atom stereocenters. The molecule has 1 aliphatic rings. The molecular weight excluding hydrogens is 324 g/mol. The van der Waals surface area contributed by atoms with Crippen LogP contribution < -0.4 is 5.32 Å². The second-order valence-electron chi connectivity index (χ2n) is 6.41. The molecule has 6 heteroatoms. The molecule has 0 aromatic heterocycles. The lowest BCUT2D eigenvalue weighted by molar-refractivity contribution is -0.120. The first-order chi connectivity index (χ1) is 11.5. The monoisotopic (exact) mass is 352 g/mol. The maximum absolute atomic E-state index is 12.6. The van der Waals surface area contributed by atoms with Crippen molar-refractivity contribution in [3.05, 3.63) is 29.8 Å². The third kappa shape index (κ3) is 4.80. The fourth-order valence-corrected chi connectivity index (χ4v) is 4.75. The van der Waals surface area contributed by atoms with Crippen molar-refractivity contribution in [1.82, 2.24) is 4.31 Å². The number of benzene rings is 1. The molecule has 1 heterocycles. The molecule has 1 aliphatic heterocycles. The molecule has 1 saturated heterocycles. The van der Waals surface area contributed by atoms with E-state index in [0.29, 0.717) is 19.5 Å². The number of hydrogen-bond acceptors (Lipinski definition) is 3. The lowest BCUT2D eigenvalue weighted by Crippen LogP contribution is -2.44. The van der Waals surface area contributed by atoms with Crippen LogP contribution in [0.1, 0.15) is 45.1 Å². The Morgan fingerprint density at radius 2 is 2.00 bits per heavy atom. The van der Waals surface area contributed by atoms with Crippen molar-refractivity contribution in [3.63, 3.8) is 0 Å². The predicted octanol–water partition coefficient (Wildman–Crippen LogP) is 3.03. The van der Waals surface area contributed by atoms with Gasteiger partial charge in [-0.25, -0.2) is 12.7 Å². The molecule has 0 spiro atoms. The second kappa shape index (κ2) is 8.62. The lowest BCUT2D eigenvalue weighted by Gasteiger charge is -2.31. The summed E-state index contributed by atoms with van der Waals surface area (Å²) in [6.45, 7) is 4.79. The summed E-state index contributed by atoms with van der Waals surface area (Å²) in [7, 11) is -3.24. The molecule has 0 radical (unpaired) electrons. The minimum absolute atomic E-state index is 0.0741. The van der Waals surface area contributed by atoms with Crippen LogP contribution in [0.5, 0.6) is 0 Å². The summed E-state index contributed by atoms with van der Waals surface area (Å²) >= 11 is 0. The van der Waals surface area contributed by atoms with E-state index in [1.54, 1.807) is 0 Å². The fourth-order valence-electron chi connectivity index (χ4n) is 3.16. The Balaban J connectivity index is 2.05. The number of carbonyl (C=O) groups excluding carboxylic acids is 1. The number of nitrogens with zero attached hydrogens (tertiary/aromatic N) is 1. The number of aryl methyl sites for hydroxylation is 1. The zero-order valence-electron chi connectivity index (χ0n) is 14.6. The van der Waals surface area contributed by atoms with Gasteiger partial charge in [0, 0.05) is 18.8 Å². The summed E-state index contributed by atoms with van der Waals surface area (Å²) in [5, 5.41) is 3.01. The van der Waals surface area contributed by atoms with Gasteiger partial charge in [0.1, 0.15) is 0 Å². The second-order valence-corrected chi connectivity index (χ2v) is 8.50. The number of amides is 1. The molecule has 1 unspecified atom stereocenters. The number of anilines is 1. The smallest absolute Gasteiger partial charge is 0.228 e. The Bertz CT molecular complexity index is 658. The van der Waals surface area contributed by atoms with Gasteiger partial charge >= 0.3 is 0 Å². The Morgan fingerprint density at radius 3 is 2.71 bits per heavy atom. The minimum Gasteiger partial charge on any atom is -0.326 e. The van der Waals surface area contributed by atoms with Gasteiger partial charge in [-0.05, 0) is 37.3 Å². The summed E-state index contributed by atoms with van der Waals surface area (Å²) in [5.74, 6) is -0.198. The summed E-state index contributed by atoms with van der Waals surface area (Å²) in [4.78, 5) is 12.6. The van der Waals surface area contributed by atoms with Crippen molar-refractivity contribution in [2.24, 2.45) is 5.92 Å². The van der Waals surface area contributed by atoms with Gasteiger partial charge in [0.15, 0.2) is 0 Å². The van der Waals surface area contributed by atoms with E-state index in [-0.39, 0.29) is 17.6 Å². The van der Waals surface area contributed by atoms with Crippen LogP contribution in [0.15, 0.2) is 24.3 Å². The van der Waals surface area contributed by atoms with Gasteiger partial charge in [-0.2, -0.15) is 0 Å². The van der Waals surface area contributed by atoms with Crippen LogP contribution in [-0.4, -0.2) is 37.5 Å². The lowest BCUT2D eigenvalue weighted by atomic mass is 9.98. The van der Waals surface area contributed by atoms with Crippen LogP contribution in [0.25, 0.3) is 0 Å². The van der Waals surface area contributed by atoms with Gasteiger partial charge in [0.25, 0.3) is 0 Å². The van der Waals surface area contributed by atoms with Crippen LogP contribution in [-0.2, 0) is 21.2 Å². The molecule has 0 bridgehead atoms. The highest BCUT2D eigenvalue weighted by Gasteiger charge is 2.31. The first kappa shape index (κ1) is 18.9. The van der Waals surface area contributed by atoms with E-state index in [0.717, 1.165) is 36.9 Å². The quantitative estimate of drug-likeness (QED) is 0.820. The molecule has 134 valence electrons. The molecule has 1 aromatic rings. The summed E-state index contributed by atoms with van der Waals surface area (Å²) < 4.78 is 26.0. The number of hydrogen-bond donors (Lipinski definition) is 1. The van der Waals surface area contributed by atoms with Crippen molar-refractivity contribution < 1.29 is 13.2 Å². The molecule has 1 aromatic carbocycles. The number of sulfonamides is 1. The number of carbonyl (C=O) groups is 1. The Kier molecular flexibility index (Phi) is 6.80. The molecule has 1 N–H and O–H groups in total. The van der Waals surface area contributed by atoms with E-state index in [1.807, 2.05) is 31.2 Å². The summed E-state index contributed by atoms with van der Waals surface area (Å²) in [5.41, 5.74) is 1.97. The SMILES string of the molecule is CCCc1ccccc1NC(=O)C1CCCN(S(=O)(=O)CCC)C1. The van der Waals surface area contributed by atoms with Crippen molar-refractivity contribution in [2.75, 3.05) is 24.2 Å². The van der Waals surface area contributed by atoms with Gasteiger partial charge in [-0.15, -0.1) is 0 Å². The average Bonchev–Trinajstić information content (AvgIpc) is 2.57. The van der Waals surface area contributed by atoms with Crippen molar-refractivity contribution >= 4 is 21.6 Å². The van der Waals surface area contributed by atoms with E-state index < -0.39 is 10.0 Å². The van der Waals surface area contributed by atoms with E-state index in [9.17, 15) is 13.2 Å². The number of nitrogens with one attached hydrogen (secondary N) is 1. The Hall–Kier alpha value is -1.40. The van der Waals surface area contributed by atoms with E-state index in [2.05, 4.69) is 12.2 Å². The normalized spacial score (nSPS) is 19.2. The molecule has 1 amide bonds. The zero-order valence-corrected chi connectivity index (χ0v) is 15.4. The number of para-hydroxylation sites is 1. The van der Waals surface area contributed by atoms with Gasteiger partial charge < -0.3 is 5.32 Å². The predicted molar refractivity (Wildman–Crippen MR) is 97.4 cm³/mol. The topological polar surface area (TPSA) is 66.5 Å². The number of piperidine rings is 1. The summed E-state index contributed by atoms with van der Waals surface area (Å²) in [6.07, 6.45) is 4.00. The highest BCUT2D eigenvalue weighted by atomic mass is 32.2. The molecule has 1 fully saturated rings.